The minimum atomic E-state index is -1.34. The highest BCUT2D eigenvalue weighted by Crippen LogP contribution is 2.36. The number of aliphatic carboxylic acids is 1. The molecule has 0 saturated carbocycles. The second-order valence-electron chi connectivity index (χ2n) is 8.64. The van der Waals surface area contributed by atoms with E-state index in [1.54, 1.807) is 36.4 Å². The van der Waals surface area contributed by atoms with Crippen molar-refractivity contribution in [2.24, 2.45) is 0 Å². The number of nitrogens with zero attached hydrogens (tertiary/aromatic N) is 2. The molecule has 0 aliphatic rings. The van der Waals surface area contributed by atoms with Crippen LogP contribution in [0, 0.1) is 29.6 Å². The highest BCUT2D eigenvalue weighted by Gasteiger charge is 2.15. The summed E-state index contributed by atoms with van der Waals surface area (Å²) in [5.41, 5.74) is 5.60. The highest BCUT2D eigenvalue weighted by molar-refractivity contribution is 9.10. The van der Waals surface area contributed by atoms with E-state index in [2.05, 4.69) is 47.1 Å². The molecule has 4 aromatic carbocycles. The van der Waals surface area contributed by atoms with Gasteiger partial charge in [0.2, 0.25) is 0 Å². The van der Waals surface area contributed by atoms with Gasteiger partial charge in [-0.05, 0) is 74.9 Å². The number of carbonyl (C=O) groups is 1. The van der Waals surface area contributed by atoms with Gasteiger partial charge in [-0.25, -0.2) is 4.79 Å². The van der Waals surface area contributed by atoms with Crippen LogP contribution in [0.2, 0.25) is 0 Å². The third kappa shape index (κ3) is 6.73. The van der Waals surface area contributed by atoms with E-state index < -0.39 is 11.5 Å². The zero-order valence-electron chi connectivity index (χ0n) is 21.0. The van der Waals surface area contributed by atoms with Crippen LogP contribution >= 0.6 is 15.9 Å². The quantitative estimate of drug-likeness (QED) is 0.163. The lowest BCUT2D eigenvalue weighted by Crippen LogP contribution is -2.03. The van der Waals surface area contributed by atoms with E-state index in [0.29, 0.717) is 33.7 Å². The van der Waals surface area contributed by atoms with Gasteiger partial charge in [-0.1, -0.05) is 60.7 Å². The van der Waals surface area contributed by atoms with Gasteiger partial charge in [0.05, 0.1) is 16.1 Å². The fourth-order valence-corrected chi connectivity index (χ4v) is 4.49. The monoisotopic (exact) mass is 578 g/mol. The van der Waals surface area contributed by atoms with Crippen molar-refractivity contribution in [3.05, 3.63) is 123 Å². The number of hydrogen-bond donors (Lipinski definition) is 1. The summed E-state index contributed by atoms with van der Waals surface area (Å²) in [5.74, 6) is -0.513. The number of carboxylic acids is 1. The molecular formula is C32H23BrN2O4. The lowest BCUT2D eigenvalue weighted by molar-refractivity contribution is -0.132. The molecule has 0 bridgehead atoms. The predicted molar refractivity (Wildman–Crippen MR) is 152 cm³/mol. The topological polar surface area (TPSA) is 103 Å². The summed E-state index contributed by atoms with van der Waals surface area (Å²) >= 11 is 3.51. The third-order valence-electron chi connectivity index (χ3n) is 6.08. The minimum absolute atomic E-state index is 0.130. The van der Waals surface area contributed by atoms with E-state index in [0.717, 1.165) is 27.8 Å². The Labute approximate surface area is 235 Å². The number of hydrogen-bond acceptors (Lipinski definition) is 5. The van der Waals surface area contributed by atoms with Gasteiger partial charge in [0.15, 0.2) is 0 Å². The standard InChI is InChI=1S/C32H23BrN2O4/c1-21-25(11-6-12-28(21)24-9-3-2-4-10-24)20-39-31-16-30(38-19-23-8-5-7-22(13-23)17-34)26(15-29(31)33)14-27(18-35)32(36)37/h2-16H,19-20H2,1H3,(H,36,37)/b27-14+. The SMILES string of the molecule is Cc1c(COc2cc(OCc3cccc(C#N)c3)c(/C=C(\C#N)C(=O)O)cc2Br)cccc1-c1ccccc1. The molecule has 0 aliphatic heterocycles. The van der Waals surface area contributed by atoms with Crippen molar-refractivity contribution in [1.82, 2.24) is 0 Å². The molecule has 4 rings (SSSR count). The number of carboxylic acid groups (broad SMARTS) is 1. The molecule has 0 fully saturated rings. The molecule has 39 heavy (non-hydrogen) atoms. The van der Waals surface area contributed by atoms with E-state index >= 15 is 0 Å². The van der Waals surface area contributed by atoms with Crippen LogP contribution in [0.15, 0.2) is 95.0 Å². The molecule has 4 aromatic rings. The van der Waals surface area contributed by atoms with Gasteiger partial charge in [-0.3, -0.25) is 0 Å². The highest BCUT2D eigenvalue weighted by atomic mass is 79.9. The molecule has 0 saturated heterocycles. The van der Waals surface area contributed by atoms with Crippen molar-refractivity contribution in [3.63, 3.8) is 0 Å². The van der Waals surface area contributed by atoms with Crippen LogP contribution in [0.1, 0.15) is 27.8 Å². The summed E-state index contributed by atoms with van der Waals surface area (Å²) in [4.78, 5) is 11.5. The summed E-state index contributed by atoms with van der Waals surface area (Å²) in [7, 11) is 0. The van der Waals surface area contributed by atoms with Crippen molar-refractivity contribution in [1.29, 1.82) is 10.5 Å². The van der Waals surface area contributed by atoms with Gasteiger partial charge in [-0.2, -0.15) is 10.5 Å². The first-order valence-corrected chi connectivity index (χ1v) is 12.8. The average Bonchev–Trinajstić information content (AvgIpc) is 2.95. The zero-order chi connectivity index (χ0) is 27.8. The van der Waals surface area contributed by atoms with E-state index in [9.17, 15) is 20.4 Å². The summed E-state index contributed by atoms with van der Waals surface area (Å²) in [5, 5.41) is 27.8. The first kappa shape index (κ1) is 27.2. The lowest BCUT2D eigenvalue weighted by atomic mass is 9.97. The van der Waals surface area contributed by atoms with Crippen molar-refractivity contribution in [3.8, 4) is 34.8 Å². The Bertz CT molecular complexity index is 1630. The maximum atomic E-state index is 11.5. The Hall–Kier alpha value is -4.85. The Morgan fingerprint density at radius 3 is 2.38 bits per heavy atom. The van der Waals surface area contributed by atoms with Crippen LogP contribution in [0.5, 0.6) is 11.5 Å². The van der Waals surface area contributed by atoms with Crippen LogP contribution in [-0.2, 0) is 18.0 Å². The second-order valence-corrected chi connectivity index (χ2v) is 9.50. The van der Waals surface area contributed by atoms with E-state index in [4.69, 9.17) is 9.47 Å². The second kappa shape index (κ2) is 12.6. The van der Waals surface area contributed by atoms with Gasteiger partial charge < -0.3 is 14.6 Å². The smallest absolute Gasteiger partial charge is 0.346 e. The number of ether oxygens (including phenoxy) is 2. The first-order chi connectivity index (χ1) is 18.9. The Morgan fingerprint density at radius 2 is 1.67 bits per heavy atom. The molecule has 0 spiro atoms. The lowest BCUT2D eigenvalue weighted by Gasteiger charge is -2.16. The zero-order valence-corrected chi connectivity index (χ0v) is 22.6. The van der Waals surface area contributed by atoms with Crippen LogP contribution in [0.25, 0.3) is 17.2 Å². The van der Waals surface area contributed by atoms with Gasteiger partial charge in [0, 0.05) is 11.6 Å². The maximum Gasteiger partial charge on any atom is 0.346 e. The average molecular weight is 579 g/mol. The summed E-state index contributed by atoms with van der Waals surface area (Å²) in [6.07, 6.45) is 1.26. The summed E-state index contributed by atoms with van der Waals surface area (Å²) in [6.45, 7) is 2.48. The first-order valence-electron chi connectivity index (χ1n) is 12.0. The van der Waals surface area contributed by atoms with E-state index in [1.165, 1.54) is 6.08 Å². The molecule has 0 aromatic heterocycles. The van der Waals surface area contributed by atoms with Crippen molar-refractivity contribution < 1.29 is 19.4 Å². The number of rotatable bonds is 9. The Balaban J connectivity index is 1.64. The number of benzene rings is 4. The molecular weight excluding hydrogens is 556 g/mol. The van der Waals surface area contributed by atoms with Crippen molar-refractivity contribution in [2.45, 2.75) is 20.1 Å². The Morgan fingerprint density at radius 1 is 0.923 bits per heavy atom. The molecule has 0 radical (unpaired) electrons. The van der Waals surface area contributed by atoms with Crippen molar-refractivity contribution >= 4 is 28.0 Å². The van der Waals surface area contributed by atoms with Crippen LogP contribution in [0.4, 0.5) is 0 Å². The molecule has 0 unspecified atom stereocenters. The molecule has 7 heteroatoms. The fourth-order valence-electron chi connectivity index (χ4n) is 4.01. The summed E-state index contributed by atoms with van der Waals surface area (Å²) < 4.78 is 12.8. The number of halogens is 1. The molecule has 0 atom stereocenters. The van der Waals surface area contributed by atoms with Crippen LogP contribution < -0.4 is 9.47 Å². The summed E-state index contributed by atoms with van der Waals surface area (Å²) in [6, 6.07) is 30.3. The Kier molecular flexibility index (Phi) is 8.78. The van der Waals surface area contributed by atoms with Gasteiger partial charge in [0.25, 0.3) is 0 Å². The van der Waals surface area contributed by atoms with Gasteiger partial charge in [0.1, 0.15) is 36.4 Å². The molecule has 1 N–H and O–H groups in total. The molecule has 0 aliphatic carbocycles. The minimum Gasteiger partial charge on any atom is -0.488 e. The third-order valence-corrected chi connectivity index (χ3v) is 6.70. The van der Waals surface area contributed by atoms with Crippen LogP contribution in [-0.4, -0.2) is 11.1 Å². The van der Waals surface area contributed by atoms with E-state index in [1.807, 2.05) is 36.4 Å². The maximum absolute atomic E-state index is 11.5. The predicted octanol–water partition coefficient (Wildman–Crippen LogP) is 7.45. The molecule has 0 amide bonds. The number of nitriles is 2. The van der Waals surface area contributed by atoms with Gasteiger partial charge in [-0.15, -0.1) is 0 Å². The van der Waals surface area contributed by atoms with Crippen LogP contribution in [0.3, 0.4) is 0 Å². The molecule has 192 valence electrons. The molecule has 6 nitrogen and oxygen atoms in total. The molecule has 0 heterocycles. The van der Waals surface area contributed by atoms with Gasteiger partial charge >= 0.3 is 5.97 Å². The normalized spacial score (nSPS) is 10.8. The van der Waals surface area contributed by atoms with Crippen molar-refractivity contribution in [2.75, 3.05) is 0 Å². The fraction of sp³-hybridized carbons (Fsp3) is 0.0938. The van der Waals surface area contributed by atoms with E-state index in [-0.39, 0.29) is 6.61 Å². The largest absolute Gasteiger partial charge is 0.488 e.